The van der Waals surface area contributed by atoms with Crippen LogP contribution in [0, 0.1) is 0 Å². The van der Waals surface area contributed by atoms with Crippen molar-refractivity contribution >= 4 is 41.2 Å². The van der Waals surface area contributed by atoms with Crippen molar-refractivity contribution in [3.8, 4) is 5.69 Å². The van der Waals surface area contributed by atoms with Gasteiger partial charge in [0.05, 0.1) is 28.1 Å². The molecule has 0 radical (unpaired) electrons. The first-order chi connectivity index (χ1) is 19.7. The van der Waals surface area contributed by atoms with Crippen LogP contribution in [-0.4, -0.2) is 63.6 Å². The highest BCUT2D eigenvalue weighted by Gasteiger charge is 2.34. The zero-order valence-corrected chi connectivity index (χ0v) is 21.7. The molecule has 43 heavy (non-hydrogen) atoms. The average Bonchev–Trinajstić information content (AvgIpc) is 3.49. The quantitative estimate of drug-likeness (QED) is 0.142. The van der Waals surface area contributed by atoms with E-state index >= 15 is 0 Å². The van der Waals surface area contributed by atoms with E-state index in [0.717, 1.165) is 9.69 Å². The highest BCUT2D eigenvalue weighted by atomic mass is 17.1. The van der Waals surface area contributed by atoms with E-state index in [0.29, 0.717) is 11.3 Å². The highest BCUT2D eigenvalue weighted by Crippen LogP contribution is 2.24. The number of aromatic nitrogens is 2. The maximum Gasteiger partial charge on any atom is 0.335 e. The molecule has 0 bridgehead atoms. The summed E-state index contributed by atoms with van der Waals surface area (Å²) in [6.07, 6.45) is 3.95. The summed E-state index contributed by atoms with van der Waals surface area (Å²) in [5.74, 6) is -3.02. The molecule has 3 aromatic rings. The van der Waals surface area contributed by atoms with Gasteiger partial charge in [0, 0.05) is 14.1 Å². The van der Waals surface area contributed by atoms with Gasteiger partial charge in [-0.25, -0.2) is 14.4 Å². The third kappa shape index (κ3) is 6.83. The van der Waals surface area contributed by atoms with Crippen LogP contribution in [-0.2, 0) is 21.1 Å². The Morgan fingerprint density at radius 3 is 2.12 bits per heavy atom. The van der Waals surface area contributed by atoms with E-state index in [4.69, 9.17) is 10.4 Å². The van der Waals surface area contributed by atoms with Crippen LogP contribution in [0.5, 0.6) is 0 Å². The lowest BCUT2D eigenvalue weighted by Crippen LogP contribution is -2.28. The molecule has 4 rings (SSSR count). The average molecular weight is 593 g/mol. The number of rotatable bonds is 9. The summed E-state index contributed by atoms with van der Waals surface area (Å²) in [5.41, 5.74) is 0.371. The third-order valence-corrected chi connectivity index (χ3v) is 6.01. The van der Waals surface area contributed by atoms with E-state index < -0.39 is 29.3 Å². The van der Waals surface area contributed by atoms with Gasteiger partial charge < -0.3 is 15.7 Å². The Morgan fingerprint density at radius 1 is 0.953 bits per heavy atom. The van der Waals surface area contributed by atoms with Crippen LogP contribution < -0.4 is 21.2 Å². The number of anilines is 1. The van der Waals surface area contributed by atoms with E-state index in [2.05, 4.69) is 25.7 Å². The summed E-state index contributed by atoms with van der Waals surface area (Å²) in [6, 6.07) is 11.8. The molecule has 1 aliphatic rings. The lowest BCUT2D eigenvalue weighted by molar-refractivity contribution is -0.253. The standard InChI is InChI=1S/C27H24N6O8.2CH4/c1-28-23(34)21-19(25(36)32(30-21)17-10-6-15(7-11-17)14-41-40)4-3-5-20-22(24(35)29-2)31-33(26(20)37)18-12-8-16(9-13-18)27(38)39;;/h3-13,30,40H,14H2,1-2H3,(H,28,34)(H,29,35)(H,38,39);2*1H4. The summed E-state index contributed by atoms with van der Waals surface area (Å²) in [4.78, 5) is 66.7. The number of hydrogen-bond donors (Lipinski definition) is 5. The summed E-state index contributed by atoms with van der Waals surface area (Å²) in [7, 11) is 2.77. The van der Waals surface area contributed by atoms with Gasteiger partial charge in [-0.3, -0.25) is 29.5 Å². The van der Waals surface area contributed by atoms with Crippen molar-refractivity contribution in [3.05, 3.63) is 99.0 Å². The number of aromatic amines is 1. The maximum absolute atomic E-state index is 13.3. The van der Waals surface area contributed by atoms with Crippen LogP contribution in [0.25, 0.3) is 11.8 Å². The number of nitrogens with zero attached hydrogens (tertiary/aromatic N) is 3. The van der Waals surface area contributed by atoms with E-state index in [9.17, 15) is 24.0 Å². The number of nitrogens with one attached hydrogen (secondary N) is 3. The molecule has 0 saturated carbocycles. The minimum Gasteiger partial charge on any atom is -0.478 e. The van der Waals surface area contributed by atoms with Crippen LogP contribution in [0.2, 0.25) is 0 Å². The Morgan fingerprint density at radius 2 is 1.56 bits per heavy atom. The summed E-state index contributed by atoms with van der Waals surface area (Å²) in [5, 5.41) is 30.4. The van der Waals surface area contributed by atoms with Gasteiger partial charge >= 0.3 is 5.97 Å². The molecule has 3 amide bonds. The minimum absolute atomic E-state index is 0. The number of carboxylic acids is 1. The number of carboxylic acid groups (broad SMARTS) is 1. The van der Waals surface area contributed by atoms with Crippen molar-refractivity contribution in [2.24, 2.45) is 5.10 Å². The lowest BCUT2D eigenvalue weighted by atomic mass is 10.1. The molecular formula is C29H32N6O8. The van der Waals surface area contributed by atoms with Crippen molar-refractivity contribution in [1.82, 2.24) is 20.4 Å². The molecule has 14 heteroatoms. The first-order valence-electron chi connectivity index (χ1n) is 12.0. The predicted octanol–water partition coefficient (Wildman–Crippen LogP) is 2.57. The van der Waals surface area contributed by atoms with Crippen LogP contribution >= 0.6 is 0 Å². The van der Waals surface area contributed by atoms with Gasteiger partial charge in [-0.05, 0) is 54.1 Å². The molecule has 2 heterocycles. The largest absolute Gasteiger partial charge is 0.478 e. The first kappa shape index (κ1) is 33.6. The topological polar surface area (TPSA) is 195 Å². The number of hydrogen-bond acceptors (Lipinski definition) is 8. The zero-order valence-electron chi connectivity index (χ0n) is 21.7. The Bertz CT molecular complexity index is 1660. The summed E-state index contributed by atoms with van der Waals surface area (Å²) >= 11 is 0. The van der Waals surface area contributed by atoms with Crippen molar-refractivity contribution in [2.45, 2.75) is 21.5 Å². The van der Waals surface area contributed by atoms with Crippen LogP contribution in [0.4, 0.5) is 5.69 Å². The molecular weight excluding hydrogens is 560 g/mol. The van der Waals surface area contributed by atoms with Gasteiger partial charge in [0.2, 0.25) is 0 Å². The predicted molar refractivity (Wildman–Crippen MR) is 160 cm³/mol. The van der Waals surface area contributed by atoms with Crippen LogP contribution in [0.1, 0.15) is 46.8 Å². The molecule has 1 aliphatic heterocycles. The van der Waals surface area contributed by atoms with E-state index in [1.807, 2.05) is 0 Å². The lowest BCUT2D eigenvalue weighted by Gasteiger charge is -2.11. The molecule has 5 N–H and O–H groups in total. The van der Waals surface area contributed by atoms with Crippen molar-refractivity contribution < 1.29 is 34.4 Å². The number of carbonyl (C=O) groups is 4. The molecule has 14 nitrogen and oxygen atoms in total. The first-order valence-corrected chi connectivity index (χ1v) is 12.0. The van der Waals surface area contributed by atoms with Gasteiger partial charge in [0.15, 0.2) is 5.71 Å². The smallest absolute Gasteiger partial charge is 0.335 e. The van der Waals surface area contributed by atoms with E-state index in [-0.39, 0.29) is 55.3 Å². The normalized spacial score (nSPS) is 13.4. The Hall–Kier alpha value is -5.60. The molecule has 0 fully saturated rings. The maximum atomic E-state index is 13.3. The van der Waals surface area contributed by atoms with E-state index in [1.165, 1.54) is 56.6 Å². The second-order valence-electron chi connectivity index (χ2n) is 8.50. The fourth-order valence-electron chi connectivity index (χ4n) is 3.91. The van der Waals surface area contributed by atoms with Gasteiger partial charge in [0.25, 0.3) is 23.3 Å². The number of allylic oxidation sites excluding steroid dienone is 2. The zero-order chi connectivity index (χ0) is 29.7. The minimum atomic E-state index is -1.14. The second kappa shape index (κ2) is 14.3. The number of benzene rings is 2. The van der Waals surface area contributed by atoms with Crippen LogP contribution in [0.3, 0.4) is 0 Å². The fraction of sp³-hybridized carbons (Fsp3) is 0.172. The highest BCUT2D eigenvalue weighted by molar-refractivity contribution is 6.54. The number of hydrazone groups is 1. The molecule has 226 valence electrons. The van der Waals surface area contributed by atoms with Crippen molar-refractivity contribution in [1.29, 1.82) is 0 Å². The monoisotopic (exact) mass is 592 g/mol. The van der Waals surface area contributed by atoms with Crippen molar-refractivity contribution in [3.63, 3.8) is 0 Å². The van der Waals surface area contributed by atoms with Crippen LogP contribution in [0.15, 0.2) is 76.2 Å². The Labute approximate surface area is 246 Å². The molecule has 1 aromatic heterocycles. The molecule has 0 aliphatic carbocycles. The fourth-order valence-corrected chi connectivity index (χ4v) is 3.91. The summed E-state index contributed by atoms with van der Waals surface area (Å²) in [6.45, 7) is -0.0445. The molecule has 0 unspecified atom stereocenters. The Kier molecular flexibility index (Phi) is 11.2. The molecule has 2 aromatic carbocycles. The van der Waals surface area contributed by atoms with Gasteiger partial charge in [-0.15, -0.1) is 0 Å². The van der Waals surface area contributed by atoms with Gasteiger partial charge in [0.1, 0.15) is 12.3 Å². The van der Waals surface area contributed by atoms with Crippen molar-refractivity contribution in [2.75, 3.05) is 19.1 Å². The Balaban J connectivity index is 0.00000323. The van der Waals surface area contributed by atoms with Gasteiger partial charge in [-0.2, -0.15) is 10.1 Å². The van der Waals surface area contributed by atoms with Gasteiger partial charge in [-0.1, -0.05) is 33.1 Å². The number of amides is 3. The number of aromatic carboxylic acids is 1. The number of carbonyl (C=O) groups excluding carboxylic acids is 3. The summed E-state index contributed by atoms with van der Waals surface area (Å²) < 4.78 is 1.15. The molecule has 0 atom stereocenters. The SMILES string of the molecule is C.C.CNC(=O)C1=NN(c2ccc(C(=O)O)cc2)C(=O)C1=CC=Cc1c(C(=O)NC)[nH]n(-c2ccc(COO)cc2)c1=O. The number of H-pyrrole nitrogens is 1. The molecule has 0 spiro atoms. The van der Waals surface area contributed by atoms with E-state index in [1.54, 1.807) is 24.3 Å². The molecule has 0 saturated heterocycles. The second-order valence-corrected chi connectivity index (χ2v) is 8.50. The third-order valence-electron chi connectivity index (χ3n) is 6.01.